The molecule has 0 aliphatic heterocycles. The van der Waals surface area contributed by atoms with Gasteiger partial charge in [0.2, 0.25) is 0 Å². The fourth-order valence-corrected chi connectivity index (χ4v) is 1.26. The number of nitro groups is 1. The summed E-state index contributed by atoms with van der Waals surface area (Å²) in [5.41, 5.74) is -0.182. The van der Waals surface area contributed by atoms with Crippen LogP contribution in [0.15, 0.2) is 6.20 Å². The van der Waals surface area contributed by atoms with Crippen molar-refractivity contribution in [2.45, 2.75) is 26.3 Å². The van der Waals surface area contributed by atoms with Crippen LogP contribution in [0.2, 0.25) is 0 Å². The predicted octanol–water partition coefficient (Wildman–Crippen LogP) is 0.827. The minimum absolute atomic E-state index is 0.0217. The highest BCUT2D eigenvalue weighted by molar-refractivity contribution is 5.32. The zero-order chi connectivity index (χ0) is 10.9. The summed E-state index contributed by atoms with van der Waals surface area (Å²) in [6, 6.07) is 0. The fraction of sp³-hybridized carbons (Fsp3) is 0.625. The van der Waals surface area contributed by atoms with Crippen molar-refractivity contribution in [1.29, 1.82) is 0 Å². The molecule has 0 aliphatic rings. The number of aliphatic hydroxyl groups is 1. The summed E-state index contributed by atoms with van der Waals surface area (Å²) in [4.78, 5) is 10.1. The van der Waals surface area contributed by atoms with Crippen LogP contribution in [0.1, 0.15) is 19.5 Å². The largest absolute Gasteiger partial charge is 0.394 e. The lowest BCUT2D eigenvalue weighted by molar-refractivity contribution is -0.385. The van der Waals surface area contributed by atoms with Gasteiger partial charge in [-0.05, 0) is 20.8 Å². The summed E-state index contributed by atoms with van der Waals surface area (Å²) in [5.74, 6) is 0. The minimum atomic E-state index is -0.613. The Bertz CT molecular complexity index is 357. The lowest BCUT2D eigenvalue weighted by Crippen LogP contribution is -2.32. The van der Waals surface area contributed by atoms with Crippen LogP contribution in [-0.2, 0) is 5.54 Å². The maximum Gasteiger partial charge on any atom is 0.309 e. The Morgan fingerprint density at radius 1 is 1.71 bits per heavy atom. The highest BCUT2D eigenvalue weighted by Gasteiger charge is 2.26. The van der Waals surface area contributed by atoms with Gasteiger partial charge < -0.3 is 5.11 Å². The fourth-order valence-electron chi connectivity index (χ4n) is 1.26. The van der Waals surface area contributed by atoms with Crippen molar-refractivity contribution < 1.29 is 10.0 Å². The number of nitrogens with zero attached hydrogens (tertiary/aromatic N) is 3. The molecule has 0 saturated heterocycles. The summed E-state index contributed by atoms with van der Waals surface area (Å²) >= 11 is 0. The van der Waals surface area contributed by atoms with Crippen LogP contribution in [0, 0.1) is 17.0 Å². The van der Waals surface area contributed by atoms with Crippen molar-refractivity contribution in [3.05, 3.63) is 22.0 Å². The average Bonchev–Trinajstić information content (AvgIpc) is 2.47. The standard InChI is InChI=1S/C8H13N3O3/c1-6-7(11(13)14)4-9-10(6)8(2,3)5-12/h4,12H,5H2,1-3H3. The molecule has 0 radical (unpaired) electrons. The Kier molecular flexibility index (Phi) is 2.57. The summed E-state index contributed by atoms with van der Waals surface area (Å²) < 4.78 is 1.46. The van der Waals surface area contributed by atoms with Crippen molar-refractivity contribution >= 4 is 5.69 Å². The molecule has 6 heteroatoms. The van der Waals surface area contributed by atoms with Crippen LogP contribution in [0.4, 0.5) is 5.69 Å². The van der Waals surface area contributed by atoms with E-state index in [1.807, 2.05) is 0 Å². The van der Waals surface area contributed by atoms with E-state index in [2.05, 4.69) is 5.10 Å². The molecular weight excluding hydrogens is 186 g/mol. The summed E-state index contributed by atoms with van der Waals surface area (Å²) in [6.07, 6.45) is 1.20. The minimum Gasteiger partial charge on any atom is -0.394 e. The van der Waals surface area contributed by atoms with Gasteiger partial charge in [0, 0.05) is 0 Å². The maximum absolute atomic E-state index is 10.5. The molecule has 14 heavy (non-hydrogen) atoms. The molecule has 0 spiro atoms. The molecule has 1 aromatic rings. The number of aliphatic hydroxyl groups excluding tert-OH is 1. The van der Waals surface area contributed by atoms with Crippen molar-refractivity contribution in [1.82, 2.24) is 9.78 Å². The molecule has 0 fully saturated rings. The zero-order valence-electron chi connectivity index (χ0n) is 8.39. The van der Waals surface area contributed by atoms with Crippen LogP contribution in [0.3, 0.4) is 0 Å². The van der Waals surface area contributed by atoms with Crippen LogP contribution in [0.5, 0.6) is 0 Å². The number of hydrogen-bond acceptors (Lipinski definition) is 4. The summed E-state index contributed by atoms with van der Waals surface area (Å²) in [7, 11) is 0. The molecule has 0 amide bonds. The zero-order valence-corrected chi connectivity index (χ0v) is 8.39. The lowest BCUT2D eigenvalue weighted by Gasteiger charge is -2.23. The molecule has 1 N–H and O–H groups in total. The van der Waals surface area contributed by atoms with Crippen molar-refractivity contribution in [3.8, 4) is 0 Å². The Morgan fingerprint density at radius 2 is 2.29 bits per heavy atom. The molecule has 78 valence electrons. The Morgan fingerprint density at radius 3 is 2.64 bits per heavy atom. The molecule has 0 aliphatic carbocycles. The van der Waals surface area contributed by atoms with E-state index in [-0.39, 0.29) is 12.3 Å². The van der Waals surface area contributed by atoms with Gasteiger partial charge in [-0.15, -0.1) is 0 Å². The van der Waals surface area contributed by atoms with Gasteiger partial charge in [0.25, 0.3) is 0 Å². The third-order valence-corrected chi connectivity index (χ3v) is 2.14. The Labute approximate surface area is 81.3 Å². The third kappa shape index (κ3) is 1.60. The van der Waals surface area contributed by atoms with Crippen molar-refractivity contribution in [2.24, 2.45) is 0 Å². The number of hydrogen-bond donors (Lipinski definition) is 1. The number of aromatic nitrogens is 2. The monoisotopic (exact) mass is 199 g/mol. The van der Waals surface area contributed by atoms with E-state index in [1.54, 1.807) is 20.8 Å². The van der Waals surface area contributed by atoms with Gasteiger partial charge in [-0.1, -0.05) is 0 Å². The van der Waals surface area contributed by atoms with E-state index in [0.717, 1.165) is 0 Å². The van der Waals surface area contributed by atoms with Crippen molar-refractivity contribution in [3.63, 3.8) is 0 Å². The van der Waals surface area contributed by atoms with E-state index in [1.165, 1.54) is 10.9 Å². The topological polar surface area (TPSA) is 81.2 Å². The van der Waals surface area contributed by atoms with Gasteiger partial charge in [0.1, 0.15) is 11.9 Å². The van der Waals surface area contributed by atoms with Gasteiger partial charge >= 0.3 is 5.69 Å². The summed E-state index contributed by atoms with van der Waals surface area (Å²) in [6.45, 7) is 5.02. The highest BCUT2D eigenvalue weighted by atomic mass is 16.6. The van der Waals surface area contributed by atoms with Crippen LogP contribution >= 0.6 is 0 Å². The molecule has 1 rings (SSSR count). The second kappa shape index (κ2) is 3.38. The van der Waals surface area contributed by atoms with E-state index < -0.39 is 10.5 Å². The summed E-state index contributed by atoms with van der Waals surface area (Å²) in [5, 5.41) is 23.5. The van der Waals surface area contributed by atoms with Crippen LogP contribution in [0.25, 0.3) is 0 Å². The molecule has 0 saturated carbocycles. The van der Waals surface area contributed by atoms with Gasteiger partial charge in [-0.2, -0.15) is 5.10 Å². The molecule has 0 aromatic carbocycles. The van der Waals surface area contributed by atoms with Gasteiger partial charge in [-0.3, -0.25) is 14.8 Å². The first kappa shape index (κ1) is 10.6. The average molecular weight is 199 g/mol. The van der Waals surface area contributed by atoms with Gasteiger partial charge in [0.05, 0.1) is 17.1 Å². The first-order valence-corrected chi connectivity index (χ1v) is 4.20. The van der Waals surface area contributed by atoms with Gasteiger partial charge in [-0.25, -0.2) is 0 Å². The molecule has 0 atom stereocenters. The van der Waals surface area contributed by atoms with Crippen LogP contribution in [-0.4, -0.2) is 26.4 Å². The molecule has 1 heterocycles. The van der Waals surface area contributed by atoms with E-state index in [0.29, 0.717) is 5.69 Å². The smallest absolute Gasteiger partial charge is 0.309 e. The first-order valence-electron chi connectivity index (χ1n) is 4.20. The first-order chi connectivity index (χ1) is 6.40. The SMILES string of the molecule is Cc1c([N+](=O)[O-])cnn1C(C)(C)CO. The Hall–Kier alpha value is -1.43. The second-order valence-corrected chi connectivity index (χ2v) is 3.75. The normalized spacial score (nSPS) is 11.7. The molecular formula is C8H13N3O3. The molecule has 6 nitrogen and oxygen atoms in total. The lowest BCUT2D eigenvalue weighted by atomic mass is 10.1. The van der Waals surface area contributed by atoms with Crippen molar-refractivity contribution in [2.75, 3.05) is 6.61 Å². The predicted molar refractivity (Wildman–Crippen MR) is 50.0 cm³/mol. The molecule has 0 bridgehead atoms. The maximum atomic E-state index is 10.5. The number of rotatable bonds is 3. The second-order valence-electron chi connectivity index (χ2n) is 3.75. The van der Waals surface area contributed by atoms with E-state index in [9.17, 15) is 10.1 Å². The van der Waals surface area contributed by atoms with Crippen LogP contribution < -0.4 is 0 Å². The van der Waals surface area contributed by atoms with E-state index in [4.69, 9.17) is 5.11 Å². The van der Waals surface area contributed by atoms with E-state index >= 15 is 0 Å². The quantitative estimate of drug-likeness (QED) is 0.577. The third-order valence-electron chi connectivity index (χ3n) is 2.14. The van der Waals surface area contributed by atoms with Gasteiger partial charge in [0.15, 0.2) is 0 Å². The highest BCUT2D eigenvalue weighted by Crippen LogP contribution is 2.22. The molecule has 0 unspecified atom stereocenters. The molecule has 1 aromatic heterocycles. The Balaban J connectivity index is 3.19.